The summed E-state index contributed by atoms with van der Waals surface area (Å²) >= 11 is 0. The van der Waals surface area contributed by atoms with Crippen molar-refractivity contribution in [3.05, 3.63) is 29.8 Å². The van der Waals surface area contributed by atoms with Gasteiger partial charge in [-0.3, -0.25) is 4.79 Å². The van der Waals surface area contributed by atoms with Crippen LogP contribution in [0.2, 0.25) is 0 Å². The number of hydrogen-bond acceptors (Lipinski definition) is 3. The number of hydrogen-bond donors (Lipinski definition) is 1. The van der Waals surface area contributed by atoms with Crippen LogP contribution in [0.5, 0.6) is 5.75 Å². The van der Waals surface area contributed by atoms with E-state index >= 15 is 0 Å². The van der Waals surface area contributed by atoms with Crippen LogP contribution in [0, 0.1) is 11.3 Å². The van der Waals surface area contributed by atoms with Gasteiger partial charge in [0.15, 0.2) is 6.10 Å². The number of nitrogens with zero attached hydrogens (tertiary/aromatic N) is 1. The van der Waals surface area contributed by atoms with Crippen LogP contribution in [0.15, 0.2) is 24.3 Å². The topological polar surface area (TPSA) is 76.1 Å². The van der Waals surface area contributed by atoms with Gasteiger partial charge in [0.05, 0.1) is 5.56 Å². The second-order valence-corrected chi connectivity index (χ2v) is 2.77. The molecule has 0 aliphatic rings. The molecule has 4 nitrogen and oxygen atoms in total. The van der Waals surface area contributed by atoms with Crippen LogP contribution < -0.4 is 10.5 Å². The Morgan fingerprint density at radius 2 is 2.21 bits per heavy atom. The molecule has 0 spiro atoms. The van der Waals surface area contributed by atoms with Gasteiger partial charge in [-0.2, -0.15) is 5.26 Å². The van der Waals surface area contributed by atoms with Gasteiger partial charge in [0.2, 0.25) is 0 Å². The minimum atomic E-state index is -0.732. The second kappa shape index (κ2) is 4.28. The number of carbonyl (C=O) groups excluding carboxylic acids is 1. The van der Waals surface area contributed by atoms with E-state index < -0.39 is 12.0 Å². The molecule has 0 heterocycles. The van der Waals surface area contributed by atoms with Crippen LogP contribution >= 0.6 is 0 Å². The lowest BCUT2D eigenvalue weighted by Gasteiger charge is -2.11. The van der Waals surface area contributed by atoms with E-state index in [0.29, 0.717) is 11.3 Å². The maximum Gasteiger partial charge on any atom is 0.258 e. The van der Waals surface area contributed by atoms with Gasteiger partial charge < -0.3 is 10.5 Å². The van der Waals surface area contributed by atoms with Gasteiger partial charge in [-0.1, -0.05) is 12.1 Å². The summed E-state index contributed by atoms with van der Waals surface area (Å²) in [6.45, 7) is 1.54. The maximum absolute atomic E-state index is 10.7. The summed E-state index contributed by atoms with van der Waals surface area (Å²) in [5.41, 5.74) is 5.42. The highest BCUT2D eigenvalue weighted by Gasteiger charge is 2.12. The number of benzene rings is 1. The van der Waals surface area contributed by atoms with Crippen molar-refractivity contribution in [1.29, 1.82) is 5.26 Å². The minimum absolute atomic E-state index is 0.376. The van der Waals surface area contributed by atoms with E-state index in [9.17, 15) is 4.79 Å². The minimum Gasteiger partial charge on any atom is -0.480 e. The summed E-state index contributed by atoms with van der Waals surface area (Å²) < 4.78 is 5.20. The average molecular weight is 190 g/mol. The molecule has 1 amide bonds. The third kappa shape index (κ3) is 2.23. The predicted octanol–water partition coefficient (Wildman–Crippen LogP) is 0.811. The van der Waals surface area contributed by atoms with E-state index in [1.54, 1.807) is 24.3 Å². The number of rotatable bonds is 3. The lowest BCUT2D eigenvalue weighted by molar-refractivity contribution is -0.123. The molecule has 1 rings (SSSR count). The molecule has 1 unspecified atom stereocenters. The number of para-hydroxylation sites is 1. The highest BCUT2D eigenvalue weighted by atomic mass is 16.5. The first kappa shape index (κ1) is 10.1. The Morgan fingerprint density at radius 1 is 1.57 bits per heavy atom. The predicted molar refractivity (Wildman–Crippen MR) is 50.4 cm³/mol. The number of primary amides is 1. The Bertz CT molecular complexity index is 382. The lowest BCUT2D eigenvalue weighted by atomic mass is 10.2. The molecule has 0 aromatic heterocycles. The van der Waals surface area contributed by atoms with Crippen LogP contribution in [0.3, 0.4) is 0 Å². The molecule has 0 radical (unpaired) electrons. The molecule has 1 aromatic carbocycles. The molecule has 0 bridgehead atoms. The van der Waals surface area contributed by atoms with Crippen molar-refractivity contribution < 1.29 is 9.53 Å². The molecule has 14 heavy (non-hydrogen) atoms. The van der Waals surface area contributed by atoms with Gasteiger partial charge in [-0.25, -0.2) is 0 Å². The molecule has 0 saturated carbocycles. The Hall–Kier alpha value is -2.02. The number of ether oxygens (including phenoxy) is 1. The largest absolute Gasteiger partial charge is 0.480 e. The molecule has 0 fully saturated rings. The van der Waals surface area contributed by atoms with Gasteiger partial charge >= 0.3 is 0 Å². The molecule has 4 heteroatoms. The number of carbonyl (C=O) groups is 1. The molecule has 0 saturated heterocycles. The van der Waals surface area contributed by atoms with E-state index in [1.165, 1.54) is 6.92 Å². The first-order valence-corrected chi connectivity index (χ1v) is 4.10. The fourth-order valence-electron chi connectivity index (χ4n) is 0.910. The Kier molecular flexibility index (Phi) is 3.08. The normalized spacial score (nSPS) is 11.4. The standard InChI is InChI=1S/C10H10N2O2/c1-7(10(12)13)14-9-5-3-2-4-8(9)6-11/h2-5,7H,1H3,(H2,12,13). The first-order chi connectivity index (χ1) is 6.65. The SMILES string of the molecule is CC(Oc1ccccc1C#N)C(N)=O. The zero-order valence-corrected chi connectivity index (χ0v) is 7.73. The van der Waals surface area contributed by atoms with Crippen LogP contribution in [-0.2, 0) is 4.79 Å². The van der Waals surface area contributed by atoms with Crippen molar-refractivity contribution in [2.45, 2.75) is 13.0 Å². The fraction of sp³-hybridized carbons (Fsp3) is 0.200. The first-order valence-electron chi connectivity index (χ1n) is 4.10. The summed E-state index contributed by atoms with van der Waals surface area (Å²) in [6.07, 6.45) is -0.732. The molecular formula is C10H10N2O2. The van der Waals surface area contributed by atoms with Crippen LogP contribution in [0.4, 0.5) is 0 Å². The smallest absolute Gasteiger partial charge is 0.258 e. The molecular weight excluding hydrogens is 180 g/mol. The Balaban J connectivity index is 2.87. The van der Waals surface area contributed by atoms with Crippen molar-refractivity contribution >= 4 is 5.91 Å². The van der Waals surface area contributed by atoms with Crippen molar-refractivity contribution in [3.63, 3.8) is 0 Å². The highest BCUT2D eigenvalue weighted by Crippen LogP contribution is 2.17. The number of nitriles is 1. The van der Waals surface area contributed by atoms with Crippen molar-refractivity contribution in [2.24, 2.45) is 5.73 Å². The third-order valence-corrected chi connectivity index (χ3v) is 1.71. The average Bonchev–Trinajstić information content (AvgIpc) is 2.18. The maximum atomic E-state index is 10.7. The summed E-state index contributed by atoms with van der Waals surface area (Å²) in [5, 5.41) is 8.72. The molecule has 2 N–H and O–H groups in total. The molecule has 72 valence electrons. The lowest BCUT2D eigenvalue weighted by Crippen LogP contribution is -2.30. The van der Waals surface area contributed by atoms with Crippen molar-refractivity contribution in [1.82, 2.24) is 0 Å². The Morgan fingerprint density at radius 3 is 2.79 bits per heavy atom. The van der Waals surface area contributed by atoms with Crippen molar-refractivity contribution in [3.8, 4) is 11.8 Å². The monoisotopic (exact) mass is 190 g/mol. The van der Waals surface area contributed by atoms with E-state index in [-0.39, 0.29) is 0 Å². The van der Waals surface area contributed by atoms with Gasteiger partial charge in [0, 0.05) is 0 Å². The van der Waals surface area contributed by atoms with Crippen LogP contribution in [0.1, 0.15) is 12.5 Å². The molecule has 1 atom stereocenters. The second-order valence-electron chi connectivity index (χ2n) is 2.77. The molecule has 1 aromatic rings. The number of nitrogens with two attached hydrogens (primary N) is 1. The van der Waals surface area contributed by atoms with Crippen LogP contribution in [-0.4, -0.2) is 12.0 Å². The summed E-state index contributed by atoms with van der Waals surface area (Å²) in [6, 6.07) is 8.65. The van der Waals surface area contributed by atoms with E-state index in [0.717, 1.165) is 0 Å². The fourth-order valence-corrected chi connectivity index (χ4v) is 0.910. The zero-order chi connectivity index (χ0) is 10.6. The molecule has 0 aliphatic heterocycles. The zero-order valence-electron chi connectivity index (χ0n) is 7.73. The van der Waals surface area contributed by atoms with Crippen LogP contribution in [0.25, 0.3) is 0 Å². The third-order valence-electron chi connectivity index (χ3n) is 1.71. The van der Waals surface area contributed by atoms with Gasteiger partial charge in [0.25, 0.3) is 5.91 Å². The van der Waals surface area contributed by atoms with Crippen molar-refractivity contribution in [2.75, 3.05) is 0 Å². The van der Waals surface area contributed by atoms with E-state index in [1.807, 2.05) is 6.07 Å². The van der Waals surface area contributed by atoms with Gasteiger partial charge in [-0.05, 0) is 19.1 Å². The summed E-state index contributed by atoms with van der Waals surface area (Å²) in [4.78, 5) is 10.7. The van der Waals surface area contributed by atoms with Gasteiger partial charge in [-0.15, -0.1) is 0 Å². The van der Waals surface area contributed by atoms with E-state index in [2.05, 4.69) is 0 Å². The number of amides is 1. The summed E-state index contributed by atoms with van der Waals surface area (Å²) in [5.74, 6) is -0.181. The highest BCUT2D eigenvalue weighted by molar-refractivity contribution is 5.78. The quantitative estimate of drug-likeness (QED) is 0.766. The van der Waals surface area contributed by atoms with E-state index in [4.69, 9.17) is 15.7 Å². The Labute approximate surface area is 81.9 Å². The summed E-state index contributed by atoms with van der Waals surface area (Å²) in [7, 11) is 0. The van der Waals surface area contributed by atoms with Gasteiger partial charge in [0.1, 0.15) is 11.8 Å². The molecule has 0 aliphatic carbocycles.